The maximum atomic E-state index is 12.1. The van der Waals surface area contributed by atoms with Gasteiger partial charge in [0.05, 0.1) is 11.8 Å². The van der Waals surface area contributed by atoms with E-state index in [2.05, 4.69) is 15.6 Å². The molecule has 0 amide bonds. The van der Waals surface area contributed by atoms with Gasteiger partial charge in [-0.25, -0.2) is 0 Å². The number of ether oxygens (including phenoxy) is 1. The Hall–Kier alpha value is -1.15. The van der Waals surface area contributed by atoms with Crippen LogP contribution >= 0.6 is 0 Å². The second-order valence-corrected chi connectivity index (χ2v) is 5.18. The Balaban J connectivity index is 1.73. The highest BCUT2D eigenvalue weighted by Crippen LogP contribution is 2.24. The van der Waals surface area contributed by atoms with Gasteiger partial charge in [-0.3, -0.25) is 4.68 Å². The summed E-state index contributed by atoms with van der Waals surface area (Å²) in [4.78, 5) is 0. The monoisotopic (exact) mass is 292 g/mol. The second kappa shape index (κ2) is 6.53. The molecule has 0 bridgehead atoms. The fourth-order valence-electron chi connectivity index (χ4n) is 2.42. The second-order valence-electron chi connectivity index (χ2n) is 5.18. The molecule has 0 aliphatic heterocycles. The Kier molecular flexibility index (Phi) is 4.98. The summed E-state index contributed by atoms with van der Waals surface area (Å²) in [5.41, 5.74) is 0.825. The number of aryl methyl sites for hydroxylation is 1. The van der Waals surface area contributed by atoms with Gasteiger partial charge in [0.1, 0.15) is 6.61 Å². The van der Waals surface area contributed by atoms with Crippen molar-refractivity contribution in [3.05, 3.63) is 11.9 Å². The van der Waals surface area contributed by atoms with Gasteiger partial charge in [-0.05, 0) is 25.7 Å². The van der Waals surface area contributed by atoms with Crippen LogP contribution in [0, 0.1) is 0 Å². The highest BCUT2D eigenvalue weighted by atomic mass is 19.4. The summed E-state index contributed by atoms with van der Waals surface area (Å²) in [6.45, 7) is -0.584. The molecule has 1 heterocycles. The molecular formula is C12H19F3N4O. The van der Waals surface area contributed by atoms with E-state index in [1.165, 1.54) is 0 Å². The predicted molar refractivity (Wildman–Crippen MR) is 65.9 cm³/mol. The Bertz CT molecular complexity index is 421. The number of nitrogens with zero attached hydrogens (tertiary/aromatic N) is 3. The minimum absolute atomic E-state index is 0.170. The largest absolute Gasteiger partial charge is 0.411 e. The summed E-state index contributed by atoms with van der Waals surface area (Å²) in [7, 11) is 1.79. The molecule has 1 aliphatic carbocycles. The van der Waals surface area contributed by atoms with Crippen molar-refractivity contribution in [3.8, 4) is 0 Å². The molecule has 0 radical (unpaired) electrons. The minimum Gasteiger partial charge on any atom is -0.369 e. The molecule has 0 saturated heterocycles. The molecule has 114 valence electrons. The summed E-state index contributed by atoms with van der Waals surface area (Å²) in [5.74, 6) is 0. The van der Waals surface area contributed by atoms with Crippen LogP contribution < -0.4 is 5.32 Å². The van der Waals surface area contributed by atoms with Gasteiger partial charge >= 0.3 is 6.18 Å². The molecule has 2 rings (SSSR count). The zero-order valence-corrected chi connectivity index (χ0v) is 11.4. The van der Waals surface area contributed by atoms with Gasteiger partial charge < -0.3 is 10.1 Å². The van der Waals surface area contributed by atoms with Crippen molar-refractivity contribution >= 4 is 0 Å². The van der Waals surface area contributed by atoms with Gasteiger partial charge in [0.15, 0.2) is 0 Å². The van der Waals surface area contributed by atoms with Crippen molar-refractivity contribution in [2.45, 2.75) is 50.6 Å². The fraction of sp³-hybridized carbons (Fsp3) is 0.833. The molecule has 1 fully saturated rings. The molecule has 0 spiro atoms. The molecule has 1 aromatic rings. The molecule has 2 unspecified atom stereocenters. The Labute approximate surface area is 115 Å². The average molecular weight is 292 g/mol. The third-order valence-corrected chi connectivity index (χ3v) is 3.33. The summed E-state index contributed by atoms with van der Waals surface area (Å²) < 4.78 is 42.9. The molecule has 5 nitrogen and oxygen atoms in total. The third-order valence-electron chi connectivity index (χ3n) is 3.33. The number of alkyl halides is 3. The molecule has 1 saturated carbocycles. The van der Waals surface area contributed by atoms with Gasteiger partial charge in [-0.15, -0.1) is 5.10 Å². The molecule has 20 heavy (non-hydrogen) atoms. The summed E-state index contributed by atoms with van der Waals surface area (Å²) in [5, 5.41) is 11.1. The lowest BCUT2D eigenvalue weighted by molar-refractivity contribution is -0.188. The topological polar surface area (TPSA) is 52.0 Å². The van der Waals surface area contributed by atoms with Crippen LogP contribution in [0.25, 0.3) is 0 Å². The van der Waals surface area contributed by atoms with E-state index in [0.29, 0.717) is 19.4 Å². The lowest BCUT2D eigenvalue weighted by Crippen LogP contribution is -2.37. The summed E-state index contributed by atoms with van der Waals surface area (Å²) >= 11 is 0. The third kappa shape index (κ3) is 5.09. The standard InChI is InChI=1S/C12H19F3N4O/c1-19-7-10(17-18-19)6-16-9-3-2-4-11(5-9)20-8-12(13,14)15/h7,9,11,16H,2-6,8H2,1H3. The first-order chi connectivity index (χ1) is 9.42. The number of nitrogens with one attached hydrogen (secondary N) is 1. The van der Waals surface area contributed by atoms with E-state index in [0.717, 1.165) is 18.5 Å². The summed E-state index contributed by atoms with van der Waals surface area (Å²) in [6, 6.07) is 0.170. The zero-order valence-electron chi connectivity index (χ0n) is 11.4. The Morgan fingerprint density at radius 2 is 2.25 bits per heavy atom. The van der Waals surface area contributed by atoms with Crippen molar-refractivity contribution in [2.75, 3.05) is 6.61 Å². The molecular weight excluding hydrogens is 273 g/mol. The molecule has 1 aliphatic rings. The first-order valence-corrected chi connectivity index (χ1v) is 6.69. The predicted octanol–water partition coefficient (Wildman–Crippen LogP) is 1.79. The zero-order chi connectivity index (χ0) is 14.6. The first kappa shape index (κ1) is 15.2. The molecule has 8 heteroatoms. The normalized spacial score (nSPS) is 24.0. The molecule has 1 N–H and O–H groups in total. The number of hydrogen-bond acceptors (Lipinski definition) is 4. The summed E-state index contributed by atoms with van der Waals surface area (Å²) in [6.07, 6.45) is 0.375. The highest BCUT2D eigenvalue weighted by molar-refractivity contribution is 4.92. The highest BCUT2D eigenvalue weighted by Gasteiger charge is 2.31. The van der Waals surface area contributed by atoms with Crippen LogP contribution in [0.15, 0.2) is 6.20 Å². The number of hydrogen-bond donors (Lipinski definition) is 1. The smallest absolute Gasteiger partial charge is 0.369 e. The van der Waals surface area contributed by atoms with Crippen LogP contribution in [0.1, 0.15) is 31.4 Å². The van der Waals surface area contributed by atoms with E-state index >= 15 is 0 Å². The van der Waals surface area contributed by atoms with Gasteiger partial charge in [-0.2, -0.15) is 13.2 Å². The lowest BCUT2D eigenvalue weighted by Gasteiger charge is -2.30. The van der Waals surface area contributed by atoms with E-state index in [1.54, 1.807) is 11.7 Å². The van der Waals surface area contributed by atoms with Gasteiger partial charge in [0, 0.05) is 25.8 Å². The van der Waals surface area contributed by atoms with Crippen LogP contribution in [-0.2, 0) is 18.3 Å². The van der Waals surface area contributed by atoms with Crippen LogP contribution in [0.3, 0.4) is 0 Å². The lowest BCUT2D eigenvalue weighted by atomic mass is 9.93. The van der Waals surface area contributed by atoms with Crippen molar-refractivity contribution in [1.29, 1.82) is 0 Å². The molecule has 1 aromatic heterocycles. The van der Waals surface area contributed by atoms with Crippen LogP contribution in [-0.4, -0.2) is 39.9 Å². The van der Waals surface area contributed by atoms with E-state index in [9.17, 15) is 13.2 Å². The number of aromatic nitrogens is 3. The van der Waals surface area contributed by atoms with E-state index in [4.69, 9.17) is 4.74 Å². The average Bonchev–Trinajstić information content (AvgIpc) is 2.80. The SMILES string of the molecule is Cn1cc(CNC2CCCC(OCC(F)(F)F)C2)nn1. The molecule has 0 aromatic carbocycles. The van der Waals surface area contributed by atoms with E-state index in [1.807, 2.05) is 6.20 Å². The maximum absolute atomic E-state index is 12.1. The minimum atomic E-state index is -4.25. The molecule has 2 atom stereocenters. The number of rotatable bonds is 5. The Morgan fingerprint density at radius 1 is 1.45 bits per heavy atom. The van der Waals surface area contributed by atoms with Crippen molar-refractivity contribution in [2.24, 2.45) is 7.05 Å². The first-order valence-electron chi connectivity index (χ1n) is 6.69. The fourth-order valence-corrected chi connectivity index (χ4v) is 2.42. The van der Waals surface area contributed by atoms with Crippen molar-refractivity contribution in [1.82, 2.24) is 20.3 Å². The van der Waals surface area contributed by atoms with Crippen molar-refractivity contribution in [3.63, 3.8) is 0 Å². The Morgan fingerprint density at radius 3 is 2.90 bits per heavy atom. The van der Waals surface area contributed by atoms with Gasteiger partial charge in [0.25, 0.3) is 0 Å². The number of halogens is 3. The van der Waals surface area contributed by atoms with Crippen LogP contribution in [0.2, 0.25) is 0 Å². The van der Waals surface area contributed by atoms with Crippen LogP contribution in [0.5, 0.6) is 0 Å². The quantitative estimate of drug-likeness (QED) is 0.899. The van der Waals surface area contributed by atoms with Crippen molar-refractivity contribution < 1.29 is 17.9 Å². The van der Waals surface area contributed by atoms with Gasteiger partial charge in [0.2, 0.25) is 0 Å². The maximum Gasteiger partial charge on any atom is 0.411 e. The van der Waals surface area contributed by atoms with Gasteiger partial charge in [-0.1, -0.05) is 5.21 Å². The van der Waals surface area contributed by atoms with E-state index in [-0.39, 0.29) is 12.1 Å². The van der Waals surface area contributed by atoms with E-state index < -0.39 is 12.8 Å². The van der Waals surface area contributed by atoms with Crippen LogP contribution in [0.4, 0.5) is 13.2 Å².